The average molecular weight is 349 g/mol. The van der Waals surface area contributed by atoms with Gasteiger partial charge in [-0.15, -0.1) is 0 Å². The highest BCUT2D eigenvalue weighted by molar-refractivity contribution is 5.47. The molecule has 5 nitrogen and oxygen atoms in total. The second-order valence-corrected chi connectivity index (χ2v) is 6.13. The van der Waals surface area contributed by atoms with Crippen LogP contribution in [0.15, 0.2) is 48.5 Å². The van der Waals surface area contributed by atoms with E-state index in [1.165, 1.54) is 0 Å². The van der Waals surface area contributed by atoms with Crippen molar-refractivity contribution in [3.05, 3.63) is 76.7 Å². The molecule has 0 aliphatic carbocycles. The number of hydrogen-bond acceptors (Lipinski definition) is 5. The van der Waals surface area contributed by atoms with Crippen LogP contribution in [0, 0.1) is 6.92 Å². The SMILES string of the molecule is COc1ccc(Cc2nc(C)nc(N)c2Cc2ccc(OC)cc2)cc1. The molecule has 0 fully saturated rings. The molecule has 2 aromatic carbocycles. The van der Waals surface area contributed by atoms with Crippen LogP contribution in [0.3, 0.4) is 0 Å². The van der Waals surface area contributed by atoms with Gasteiger partial charge in [0.05, 0.1) is 19.9 Å². The monoisotopic (exact) mass is 349 g/mol. The van der Waals surface area contributed by atoms with Crippen molar-refractivity contribution in [1.29, 1.82) is 0 Å². The zero-order chi connectivity index (χ0) is 18.5. The van der Waals surface area contributed by atoms with Crippen LogP contribution in [-0.4, -0.2) is 24.2 Å². The Morgan fingerprint density at radius 1 is 0.769 bits per heavy atom. The number of anilines is 1. The van der Waals surface area contributed by atoms with Crippen molar-refractivity contribution in [3.63, 3.8) is 0 Å². The molecule has 3 rings (SSSR count). The molecule has 1 aromatic heterocycles. The predicted molar refractivity (Wildman–Crippen MR) is 103 cm³/mol. The molecule has 5 heteroatoms. The molecular formula is C21H23N3O2. The van der Waals surface area contributed by atoms with E-state index in [2.05, 4.69) is 9.97 Å². The van der Waals surface area contributed by atoms with E-state index in [1.54, 1.807) is 14.2 Å². The first-order valence-electron chi connectivity index (χ1n) is 8.46. The van der Waals surface area contributed by atoms with Gasteiger partial charge in [0, 0.05) is 18.4 Å². The Kier molecular flexibility index (Phi) is 5.37. The Morgan fingerprint density at radius 3 is 1.77 bits per heavy atom. The van der Waals surface area contributed by atoms with Crippen molar-refractivity contribution in [2.75, 3.05) is 20.0 Å². The topological polar surface area (TPSA) is 70.3 Å². The molecule has 0 unspecified atom stereocenters. The summed E-state index contributed by atoms with van der Waals surface area (Å²) in [5.41, 5.74) is 10.4. The molecule has 0 saturated carbocycles. The lowest BCUT2D eigenvalue weighted by molar-refractivity contribution is 0.414. The first-order valence-corrected chi connectivity index (χ1v) is 8.46. The maximum Gasteiger partial charge on any atom is 0.130 e. The number of methoxy groups -OCH3 is 2. The fourth-order valence-electron chi connectivity index (χ4n) is 2.90. The highest BCUT2D eigenvalue weighted by Crippen LogP contribution is 2.23. The van der Waals surface area contributed by atoms with E-state index in [4.69, 9.17) is 15.2 Å². The van der Waals surface area contributed by atoms with Crippen molar-refractivity contribution in [2.24, 2.45) is 0 Å². The average Bonchev–Trinajstić information content (AvgIpc) is 2.65. The number of rotatable bonds is 6. The van der Waals surface area contributed by atoms with E-state index in [-0.39, 0.29) is 0 Å². The number of hydrogen-bond donors (Lipinski definition) is 1. The molecule has 134 valence electrons. The number of nitrogens with zero attached hydrogens (tertiary/aromatic N) is 2. The molecular weight excluding hydrogens is 326 g/mol. The molecule has 1 heterocycles. The van der Waals surface area contributed by atoms with E-state index in [1.807, 2.05) is 55.5 Å². The fraction of sp³-hybridized carbons (Fsp3) is 0.238. The number of benzene rings is 2. The number of nitrogen functional groups attached to an aromatic ring is 1. The summed E-state index contributed by atoms with van der Waals surface area (Å²) in [6.07, 6.45) is 1.38. The fourth-order valence-corrected chi connectivity index (χ4v) is 2.90. The second kappa shape index (κ2) is 7.87. The summed E-state index contributed by atoms with van der Waals surface area (Å²) in [7, 11) is 3.32. The van der Waals surface area contributed by atoms with Crippen LogP contribution in [0.5, 0.6) is 11.5 Å². The molecule has 0 aliphatic rings. The Labute approximate surface area is 153 Å². The molecule has 0 bridgehead atoms. The summed E-state index contributed by atoms with van der Waals surface area (Å²) in [6, 6.07) is 16.0. The van der Waals surface area contributed by atoms with Gasteiger partial charge in [0.2, 0.25) is 0 Å². The van der Waals surface area contributed by atoms with Crippen LogP contribution in [-0.2, 0) is 12.8 Å². The van der Waals surface area contributed by atoms with Crippen LogP contribution < -0.4 is 15.2 Å². The van der Waals surface area contributed by atoms with Crippen molar-refractivity contribution in [2.45, 2.75) is 19.8 Å². The lowest BCUT2D eigenvalue weighted by Gasteiger charge is -2.13. The van der Waals surface area contributed by atoms with E-state index in [0.29, 0.717) is 24.5 Å². The van der Waals surface area contributed by atoms with E-state index in [0.717, 1.165) is 33.9 Å². The zero-order valence-electron chi connectivity index (χ0n) is 15.3. The summed E-state index contributed by atoms with van der Waals surface area (Å²) in [6.45, 7) is 1.87. The van der Waals surface area contributed by atoms with Crippen LogP contribution in [0.1, 0.15) is 28.2 Å². The van der Waals surface area contributed by atoms with E-state index < -0.39 is 0 Å². The highest BCUT2D eigenvalue weighted by Gasteiger charge is 2.13. The van der Waals surface area contributed by atoms with Crippen molar-refractivity contribution in [3.8, 4) is 11.5 Å². The third-order valence-corrected chi connectivity index (χ3v) is 4.31. The van der Waals surface area contributed by atoms with Gasteiger partial charge >= 0.3 is 0 Å². The molecule has 3 aromatic rings. The van der Waals surface area contributed by atoms with Gasteiger partial charge in [-0.1, -0.05) is 24.3 Å². The van der Waals surface area contributed by atoms with Gasteiger partial charge in [-0.05, 0) is 42.3 Å². The Balaban J connectivity index is 1.90. The normalized spacial score (nSPS) is 10.6. The van der Waals surface area contributed by atoms with Crippen molar-refractivity contribution in [1.82, 2.24) is 9.97 Å². The summed E-state index contributed by atoms with van der Waals surface area (Å²) in [5.74, 6) is 2.90. The van der Waals surface area contributed by atoms with Crippen molar-refractivity contribution < 1.29 is 9.47 Å². The number of aryl methyl sites for hydroxylation is 1. The third kappa shape index (κ3) is 4.11. The van der Waals surface area contributed by atoms with Gasteiger partial charge in [-0.3, -0.25) is 0 Å². The number of nitrogens with two attached hydrogens (primary N) is 1. The molecule has 0 amide bonds. The van der Waals surface area contributed by atoms with E-state index in [9.17, 15) is 0 Å². The number of ether oxygens (including phenoxy) is 2. The molecule has 0 radical (unpaired) electrons. The lowest BCUT2D eigenvalue weighted by Crippen LogP contribution is -2.09. The quantitative estimate of drug-likeness (QED) is 0.737. The van der Waals surface area contributed by atoms with Crippen LogP contribution >= 0.6 is 0 Å². The summed E-state index contributed by atoms with van der Waals surface area (Å²) < 4.78 is 10.4. The summed E-state index contributed by atoms with van der Waals surface area (Å²) in [4.78, 5) is 9.01. The second-order valence-electron chi connectivity index (χ2n) is 6.13. The molecule has 0 spiro atoms. The van der Waals surface area contributed by atoms with Crippen LogP contribution in [0.2, 0.25) is 0 Å². The summed E-state index contributed by atoms with van der Waals surface area (Å²) >= 11 is 0. The standard InChI is InChI=1S/C21H23N3O2/c1-14-23-20(13-16-6-10-18(26-3)11-7-16)19(21(22)24-14)12-15-4-8-17(25-2)9-5-15/h4-11H,12-13H2,1-3H3,(H2,22,23,24). The predicted octanol–water partition coefficient (Wildman–Crippen LogP) is 3.57. The van der Waals surface area contributed by atoms with E-state index >= 15 is 0 Å². The van der Waals surface area contributed by atoms with Crippen molar-refractivity contribution >= 4 is 5.82 Å². The summed E-state index contributed by atoms with van der Waals surface area (Å²) in [5, 5.41) is 0. The van der Waals surface area contributed by atoms with Gasteiger partial charge in [0.15, 0.2) is 0 Å². The maximum atomic E-state index is 6.23. The molecule has 0 atom stereocenters. The molecule has 0 aliphatic heterocycles. The highest BCUT2D eigenvalue weighted by atomic mass is 16.5. The van der Waals surface area contributed by atoms with Gasteiger partial charge in [-0.25, -0.2) is 9.97 Å². The number of aromatic nitrogens is 2. The molecule has 2 N–H and O–H groups in total. The van der Waals surface area contributed by atoms with Crippen LogP contribution in [0.4, 0.5) is 5.82 Å². The molecule has 0 saturated heterocycles. The molecule has 26 heavy (non-hydrogen) atoms. The van der Waals surface area contributed by atoms with Gasteiger partial charge in [0.1, 0.15) is 23.1 Å². The first kappa shape index (κ1) is 17.7. The Bertz CT molecular complexity index is 875. The van der Waals surface area contributed by atoms with Gasteiger partial charge in [-0.2, -0.15) is 0 Å². The Hall–Kier alpha value is -3.08. The minimum atomic E-state index is 0.539. The largest absolute Gasteiger partial charge is 0.497 e. The van der Waals surface area contributed by atoms with Gasteiger partial charge < -0.3 is 15.2 Å². The maximum absolute atomic E-state index is 6.23. The minimum absolute atomic E-state index is 0.539. The lowest BCUT2D eigenvalue weighted by atomic mass is 9.99. The zero-order valence-corrected chi connectivity index (χ0v) is 15.3. The smallest absolute Gasteiger partial charge is 0.130 e. The first-order chi connectivity index (χ1) is 12.6. The third-order valence-electron chi connectivity index (χ3n) is 4.31. The Morgan fingerprint density at radius 2 is 1.27 bits per heavy atom. The van der Waals surface area contributed by atoms with Crippen LogP contribution in [0.25, 0.3) is 0 Å². The minimum Gasteiger partial charge on any atom is -0.497 e. The van der Waals surface area contributed by atoms with Gasteiger partial charge in [0.25, 0.3) is 0 Å².